The fourth-order valence-electron chi connectivity index (χ4n) is 3.50. The molecular weight excluding hydrogens is 330 g/mol. The average Bonchev–Trinajstić information content (AvgIpc) is 2.67. The second-order valence-corrected chi connectivity index (χ2v) is 7.71. The number of thioether (sulfide) groups is 1. The lowest BCUT2D eigenvalue weighted by Crippen LogP contribution is -2.39. The highest BCUT2D eigenvalue weighted by atomic mass is 32.2. The first-order chi connectivity index (χ1) is 12.2. The molecule has 1 aliphatic rings. The van der Waals surface area contributed by atoms with Gasteiger partial charge in [-0.25, -0.2) is 0 Å². The van der Waals surface area contributed by atoms with Crippen LogP contribution in [-0.4, -0.2) is 41.4 Å². The van der Waals surface area contributed by atoms with E-state index < -0.39 is 0 Å². The number of aliphatic hydroxyl groups excluding tert-OH is 1. The molecule has 1 heterocycles. The molecule has 1 aliphatic heterocycles. The molecule has 0 saturated carbocycles. The van der Waals surface area contributed by atoms with E-state index in [-0.39, 0.29) is 12.5 Å². The Morgan fingerprint density at radius 3 is 2.68 bits per heavy atom. The first-order valence-electron chi connectivity index (χ1n) is 8.87. The summed E-state index contributed by atoms with van der Waals surface area (Å²) in [7, 11) is 0. The smallest absolute Gasteiger partial charge is 0.253 e. The fourth-order valence-corrected chi connectivity index (χ4v) is 4.16. The molecule has 3 nitrogen and oxygen atoms in total. The molecule has 3 rings (SSSR count). The van der Waals surface area contributed by atoms with Gasteiger partial charge in [-0.15, -0.1) is 11.8 Å². The molecule has 1 N–H and O–H groups in total. The molecule has 0 radical (unpaired) electrons. The van der Waals surface area contributed by atoms with E-state index in [1.807, 2.05) is 29.2 Å². The largest absolute Gasteiger partial charge is 0.396 e. The van der Waals surface area contributed by atoms with E-state index in [2.05, 4.69) is 31.2 Å². The number of aliphatic hydroxyl groups is 1. The number of aryl methyl sites for hydroxylation is 1. The third-order valence-electron chi connectivity index (χ3n) is 4.80. The zero-order valence-corrected chi connectivity index (χ0v) is 15.5. The van der Waals surface area contributed by atoms with Crippen LogP contribution in [0.15, 0.2) is 53.4 Å². The highest BCUT2D eigenvalue weighted by Gasteiger charge is 2.26. The highest BCUT2D eigenvalue weighted by Crippen LogP contribution is 2.30. The number of hydrogen-bond acceptors (Lipinski definition) is 3. The van der Waals surface area contributed by atoms with E-state index in [4.69, 9.17) is 5.11 Å². The van der Waals surface area contributed by atoms with Crippen molar-refractivity contribution in [3.63, 3.8) is 0 Å². The summed E-state index contributed by atoms with van der Waals surface area (Å²) in [5.74, 6) is 1.23. The summed E-state index contributed by atoms with van der Waals surface area (Å²) < 4.78 is 0. The van der Waals surface area contributed by atoms with Crippen LogP contribution < -0.4 is 0 Å². The van der Waals surface area contributed by atoms with E-state index in [1.54, 1.807) is 11.8 Å². The van der Waals surface area contributed by atoms with Crippen molar-refractivity contribution in [2.45, 2.75) is 30.6 Å². The third kappa shape index (κ3) is 4.44. The summed E-state index contributed by atoms with van der Waals surface area (Å²) in [6.45, 7) is 3.95. The van der Waals surface area contributed by atoms with Crippen molar-refractivity contribution in [1.82, 2.24) is 4.90 Å². The number of rotatable bonds is 5. The van der Waals surface area contributed by atoms with Gasteiger partial charge in [0, 0.05) is 35.2 Å². The summed E-state index contributed by atoms with van der Waals surface area (Å²) >= 11 is 1.60. The molecular formula is C21H25NO2S. The van der Waals surface area contributed by atoms with E-state index in [0.29, 0.717) is 11.7 Å². The second-order valence-electron chi connectivity index (χ2n) is 6.54. The number of likely N-dealkylation sites (tertiary alicyclic amines) is 1. The standard InChI is InChI=1S/C21H25NO2S/c1-16-5-2-3-7-20(16)18-6-4-12-22(15-18)21(24)17-8-10-19(11-9-17)25-14-13-23/h2-3,5,7-11,18,23H,4,6,12-15H2,1H3/t18-/m0/s1. The number of benzene rings is 2. The predicted octanol–water partition coefficient (Wildman–Crippen LogP) is 4.10. The van der Waals surface area contributed by atoms with E-state index in [9.17, 15) is 4.79 Å². The summed E-state index contributed by atoms with van der Waals surface area (Å²) in [5, 5.41) is 8.90. The highest BCUT2D eigenvalue weighted by molar-refractivity contribution is 7.99. The van der Waals surface area contributed by atoms with Crippen LogP contribution >= 0.6 is 11.8 Å². The Labute approximate surface area is 154 Å². The Bertz CT molecular complexity index is 714. The van der Waals surface area contributed by atoms with Crippen molar-refractivity contribution in [2.24, 2.45) is 0 Å². The Kier molecular flexibility index (Phi) is 6.16. The zero-order valence-electron chi connectivity index (χ0n) is 14.6. The Hall–Kier alpha value is -1.78. The van der Waals surface area contributed by atoms with Crippen molar-refractivity contribution in [3.05, 3.63) is 65.2 Å². The summed E-state index contributed by atoms with van der Waals surface area (Å²) in [5.41, 5.74) is 3.43. The molecule has 25 heavy (non-hydrogen) atoms. The van der Waals surface area contributed by atoms with Crippen LogP contribution in [-0.2, 0) is 0 Å². The molecule has 1 amide bonds. The molecule has 2 aromatic carbocycles. The minimum absolute atomic E-state index is 0.122. The zero-order chi connectivity index (χ0) is 17.6. The van der Waals surface area contributed by atoms with Crippen molar-refractivity contribution in [3.8, 4) is 0 Å². The molecule has 4 heteroatoms. The van der Waals surface area contributed by atoms with Crippen molar-refractivity contribution < 1.29 is 9.90 Å². The van der Waals surface area contributed by atoms with Gasteiger partial charge in [0.2, 0.25) is 0 Å². The van der Waals surface area contributed by atoms with Crippen molar-refractivity contribution in [2.75, 3.05) is 25.4 Å². The quantitative estimate of drug-likeness (QED) is 0.821. The lowest BCUT2D eigenvalue weighted by atomic mass is 9.88. The molecule has 132 valence electrons. The first-order valence-corrected chi connectivity index (χ1v) is 9.86. The van der Waals surface area contributed by atoms with Gasteiger partial charge in [-0.2, -0.15) is 0 Å². The Morgan fingerprint density at radius 1 is 1.20 bits per heavy atom. The maximum Gasteiger partial charge on any atom is 0.253 e. The van der Waals surface area contributed by atoms with Gasteiger partial charge >= 0.3 is 0 Å². The Balaban J connectivity index is 1.68. The number of carbonyl (C=O) groups excluding carboxylic acids is 1. The average molecular weight is 356 g/mol. The van der Waals surface area contributed by atoms with Gasteiger partial charge < -0.3 is 10.0 Å². The van der Waals surface area contributed by atoms with Crippen LogP contribution in [0.5, 0.6) is 0 Å². The topological polar surface area (TPSA) is 40.5 Å². The predicted molar refractivity (Wildman–Crippen MR) is 103 cm³/mol. The summed E-state index contributed by atoms with van der Waals surface area (Å²) in [6, 6.07) is 16.2. The molecule has 1 atom stereocenters. The van der Waals surface area contributed by atoms with Crippen LogP contribution in [0.2, 0.25) is 0 Å². The number of carbonyl (C=O) groups is 1. The SMILES string of the molecule is Cc1ccccc1[C@H]1CCCN(C(=O)c2ccc(SCCO)cc2)C1. The molecule has 0 unspecified atom stereocenters. The maximum atomic E-state index is 12.9. The molecule has 2 aromatic rings. The number of nitrogens with zero attached hydrogens (tertiary/aromatic N) is 1. The molecule has 0 bridgehead atoms. The number of piperidine rings is 1. The molecule has 0 aliphatic carbocycles. The van der Waals surface area contributed by atoms with Gasteiger partial charge in [0.25, 0.3) is 5.91 Å². The third-order valence-corrected chi connectivity index (χ3v) is 5.79. The lowest BCUT2D eigenvalue weighted by Gasteiger charge is -2.33. The fraction of sp³-hybridized carbons (Fsp3) is 0.381. The van der Waals surface area contributed by atoms with Gasteiger partial charge in [0.05, 0.1) is 6.61 Å². The molecule has 0 aromatic heterocycles. The van der Waals surface area contributed by atoms with Gasteiger partial charge in [0.15, 0.2) is 0 Å². The monoisotopic (exact) mass is 355 g/mol. The second kappa shape index (κ2) is 8.54. The summed E-state index contributed by atoms with van der Waals surface area (Å²) in [4.78, 5) is 15.9. The minimum Gasteiger partial charge on any atom is -0.396 e. The first kappa shape index (κ1) is 18.0. The normalized spacial score (nSPS) is 17.5. The molecule has 0 spiro atoms. The maximum absolute atomic E-state index is 12.9. The minimum atomic E-state index is 0.122. The molecule has 1 saturated heterocycles. The van der Waals surface area contributed by atoms with Crippen LogP contribution in [0.4, 0.5) is 0 Å². The number of amides is 1. The van der Waals surface area contributed by atoms with E-state index in [1.165, 1.54) is 11.1 Å². The van der Waals surface area contributed by atoms with Gasteiger partial charge in [-0.3, -0.25) is 4.79 Å². The Morgan fingerprint density at radius 2 is 1.96 bits per heavy atom. The van der Waals surface area contributed by atoms with Crippen molar-refractivity contribution in [1.29, 1.82) is 0 Å². The van der Waals surface area contributed by atoms with Crippen LogP contribution in [0.3, 0.4) is 0 Å². The van der Waals surface area contributed by atoms with Gasteiger partial charge in [-0.05, 0) is 55.2 Å². The van der Waals surface area contributed by atoms with Gasteiger partial charge in [0.1, 0.15) is 0 Å². The van der Waals surface area contributed by atoms with E-state index in [0.717, 1.165) is 36.4 Å². The van der Waals surface area contributed by atoms with Crippen molar-refractivity contribution >= 4 is 17.7 Å². The summed E-state index contributed by atoms with van der Waals surface area (Å²) in [6.07, 6.45) is 2.19. The van der Waals surface area contributed by atoms with Crippen LogP contribution in [0.25, 0.3) is 0 Å². The van der Waals surface area contributed by atoms with Gasteiger partial charge in [-0.1, -0.05) is 24.3 Å². The van der Waals surface area contributed by atoms with Crippen LogP contribution in [0, 0.1) is 6.92 Å². The lowest BCUT2D eigenvalue weighted by molar-refractivity contribution is 0.0707. The van der Waals surface area contributed by atoms with E-state index >= 15 is 0 Å². The van der Waals surface area contributed by atoms with Crippen LogP contribution in [0.1, 0.15) is 40.2 Å². The number of hydrogen-bond donors (Lipinski definition) is 1. The molecule has 1 fully saturated rings.